The SMILES string of the molecule is C#CC(C#N)/C=C\C=NC. The first-order chi connectivity index (χ1) is 4.85. The maximum Gasteiger partial charge on any atom is 0.125 e. The maximum atomic E-state index is 8.34. The Bertz CT molecular complexity index is 198. The Morgan fingerprint density at radius 1 is 1.70 bits per heavy atom. The van der Waals surface area contributed by atoms with Crippen LogP contribution in [0, 0.1) is 29.6 Å². The van der Waals surface area contributed by atoms with E-state index in [9.17, 15) is 0 Å². The van der Waals surface area contributed by atoms with E-state index in [0.29, 0.717) is 0 Å². The molecule has 0 radical (unpaired) electrons. The number of nitrogens with zero attached hydrogens (tertiary/aromatic N) is 2. The lowest BCUT2D eigenvalue weighted by molar-refractivity contribution is 1.13. The Kier molecular flexibility index (Phi) is 4.73. The molecule has 0 aliphatic heterocycles. The Balaban J connectivity index is 3.91. The molecular formula is C8H8N2. The van der Waals surface area contributed by atoms with Gasteiger partial charge in [0.15, 0.2) is 0 Å². The third kappa shape index (κ3) is 3.46. The lowest BCUT2D eigenvalue weighted by Gasteiger charge is -1.84. The first-order valence-electron chi connectivity index (χ1n) is 2.80. The van der Waals surface area contributed by atoms with Crippen LogP contribution in [0.2, 0.25) is 0 Å². The van der Waals surface area contributed by atoms with Crippen molar-refractivity contribution in [1.29, 1.82) is 5.26 Å². The van der Waals surface area contributed by atoms with E-state index < -0.39 is 5.92 Å². The smallest absolute Gasteiger partial charge is 0.125 e. The molecule has 0 fully saturated rings. The van der Waals surface area contributed by atoms with Crippen LogP contribution in [0.15, 0.2) is 17.1 Å². The van der Waals surface area contributed by atoms with Gasteiger partial charge in [-0.05, 0) is 6.08 Å². The number of nitriles is 1. The van der Waals surface area contributed by atoms with E-state index in [1.807, 2.05) is 6.07 Å². The van der Waals surface area contributed by atoms with Gasteiger partial charge in [0.25, 0.3) is 0 Å². The summed E-state index contributed by atoms with van der Waals surface area (Å²) in [6, 6.07) is 1.93. The second kappa shape index (κ2) is 5.59. The minimum absolute atomic E-state index is 0.432. The van der Waals surface area contributed by atoms with Gasteiger partial charge in [0.2, 0.25) is 0 Å². The summed E-state index contributed by atoms with van der Waals surface area (Å²) in [5, 5.41) is 8.34. The van der Waals surface area contributed by atoms with Crippen LogP contribution in [0.3, 0.4) is 0 Å². The predicted octanol–water partition coefficient (Wildman–Crippen LogP) is 1.02. The molecule has 0 saturated carbocycles. The molecule has 50 valence electrons. The second-order valence-electron chi connectivity index (χ2n) is 1.57. The number of terminal acetylenes is 1. The summed E-state index contributed by atoms with van der Waals surface area (Å²) in [5.74, 6) is 1.87. The second-order valence-corrected chi connectivity index (χ2v) is 1.57. The van der Waals surface area contributed by atoms with Gasteiger partial charge in [-0.3, -0.25) is 4.99 Å². The van der Waals surface area contributed by atoms with Gasteiger partial charge in [-0.1, -0.05) is 12.0 Å². The Labute approximate surface area is 60.9 Å². The molecule has 1 unspecified atom stereocenters. The summed E-state index contributed by atoms with van der Waals surface area (Å²) in [6.45, 7) is 0. The number of hydrogen-bond donors (Lipinski definition) is 0. The fourth-order valence-electron chi connectivity index (χ4n) is 0.383. The van der Waals surface area contributed by atoms with Crippen molar-refractivity contribution < 1.29 is 0 Å². The van der Waals surface area contributed by atoms with Crippen LogP contribution in [0.5, 0.6) is 0 Å². The third-order valence-electron chi connectivity index (χ3n) is 0.857. The maximum absolute atomic E-state index is 8.34. The molecule has 0 amide bonds. The van der Waals surface area contributed by atoms with Crippen molar-refractivity contribution >= 4 is 6.21 Å². The molecule has 0 N–H and O–H groups in total. The highest BCUT2D eigenvalue weighted by Crippen LogP contribution is 1.91. The van der Waals surface area contributed by atoms with Crippen LogP contribution >= 0.6 is 0 Å². The van der Waals surface area contributed by atoms with Crippen LogP contribution in [0.1, 0.15) is 0 Å². The molecule has 2 heteroatoms. The Morgan fingerprint density at radius 3 is 2.80 bits per heavy atom. The number of rotatable bonds is 2. The summed E-state index contributed by atoms with van der Waals surface area (Å²) >= 11 is 0. The van der Waals surface area contributed by atoms with E-state index in [1.165, 1.54) is 0 Å². The van der Waals surface area contributed by atoms with Crippen molar-refractivity contribution in [3.8, 4) is 18.4 Å². The Hall–Kier alpha value is -1.54. The number of allylic oxidation sites excluding steroid dienone is 2. The number of hydrogen-bond acceptors (Lipinski definition) is 2. The molecule has 0 rings (SSSR count). The zero-order valence-corrected chi connectivity index (χ0v) is 5.78. The fraction of sp³-hybridized carbons (Fsp3) is 0.250. The summed E-state index contributed by atoms with van der Waals surface area (Å²) in [6.07, 6.45) is 9.86. The van der Waals surface area contributed by atoms with Gasteiger partial charge in [-0.2, -0.15) is 5.26 Å². The van der Waals surface area contributed by atoms with Crippen LogP contribution in [-0.4, -0.2) is 13.3 Å². The van der Waals surface area contributed by atoms with Crippen molar-refractivity contribution in [2.24, 2.45) is 10.9 Å². The molecule has 0 aromatic heterocycles. The monoisotopic (exact) mass is 132 g/mol. The third-order valence-corrected chi connectivity index (χ3v) is 0.857. The van der Waals surface area contributed by atoms with Crippen LogP contribution in [0.4, 0.5) is 0 Å². The quantitative estimate of drug-likeness (QED) is 0.408. The van der Waals surface area contributed by atoms with Gasteiger partial charge < -0.3 is 0 Å². The van der Waals surface area contributed by atoms with Gasteiger partial charge in [0.1, 0.15) is 5.92 Å². The highest BCUT2D eigenvalue weighted by atomic mass is 14.6. The molecule has 0 spiro atoms. The van der Waals surface area contributed by atoms with E-state index in [1.54, 1.807) is 25.4 Å². The largest absolute Gasteiger partial charge is 0.297 e. The van der Waals surface area contributed by atoms with Crippen molar-refractivity contribution in [1.82, 2.24) is 0 Å². The normalized spacial score (nSPS) is 13.1. The fourth-order valence-corrected chi connectivity index (χ4v) is 0.383. The highest BCUT2D eigenvalue weighted by Gasteiger charge is 1.91. The molecule has 0 aliphatic carbocycles. The molecule has 10 heavy (non-hydrogen) atoms. The van der Waals surface area contributed by atoms with E-state index in [2.05, 4.69) is 10.9 Å². The molecule has 2 nitrogen and oxygen atoms in total. The van der Waals surface area contributed by atoms with Crippen molar-refractivity contribution in [2.75, 3.05) is 7.05 Å². The first-order valence-corrected chi connectivity index (χ1v) is 2.80. The highest BCUT2D eigenvalue weighted by molar-refractivity contribution is 5.71. The summed E-state index contributed by atoms with van der Waals surface area (Å²) in [7, 11) is 1.65. The zero-order chi connectivity index (χ0) is 7.82. The minimum Gasteiger partial charge on any atom is -0.297 e. The van der Waals surface area contributed by atoms with Crippen molar-refractivity contribution in [3.63, 3.8) is 0 Å². The molecule has 0 aliphatic rings. The molecular weight excluding hydrogens is 124 g/mol. The van der Waals surface area contributed by atoms with Gasteiger partial charge in [0.05, 0.1) is 6.07 Å². The van der Waals surface area contributed by atoms with Gasteiger partial charge in [-0.25, -0.2) is 0 Å². The van der Waals surface area contributed by atoms with Gasteiger partial charge in [-0.15, -0.1) is 6.42 Å². The van der Waals surface area contributed by atoms with Crippen molar-refractivity contribution in [2.45, 2.75) is 0 Å². The average Bonchev–Trinajstić information content (AvgIpc) is 1.99. The van der Waals surface area contributed by atoms with Gasteiger partial charge in [0, 0.05) is 13.3 Å². The van der Waals surface area contributed by atoms with E-state index in [0.717, 1.165) is 0 Å². The molecule has 0 saturated heterocycles. The molecule has 0 heterocycles. The topological polar surface area (TPSA) is 36.1 Å². The molecule has 1 atom stereocenters. The van der Waals surface area contributed by atoms with Crippen LogP contribution in [-0.2, 0) is 0 Å². The predicted molar refractivity (Wildman–Crippen MR) is 41.5 cm³/mol. The lowest BCUT2D eigenvalue weighted by atomic mass is 10.2. The van der Waals surface area contributed by atoms with Crippen LogP contribution < -0.4 is 0 Å². The average molecular weight is 132 g/mol. The first kappa shape index (κ1) is 8.46. The van der Waals surface area contributed by atoms with Gasteiger partial charge >= 0.3 is 0 Å². The molecule has 0 aromatic carbocycles. The minimum atomic E-state index is -0.432. The van der Waals surface area contributed by atoms with E-state index >= 15 is 0 Å². The molecule has 0 aromatic rings. The Morgan fingerprint density at radius 2 is 2.40 bits per heavy atom. The summed E-state index contributed by atoms with van der Waals surface area (Å²) < 4.78 is 0. The number of aliphatic imine (C=N–C) groups is 1. The van der Waals surface area contributed by atoms with Crippen LogP contribution in [0.25, 0.3) is 0 Å². The van der Waals surface area contributed by atoms with E-state index in [-0.39, 0.29) is 0 Å². The van der Waals surface area contributed by atoms with E-state index in [4.69, 9.17) is 11.7 Å². The molecule has 0 bridgehead atoms. The lowest BCUT2D eigenvalue weighted by Crippen LogP contribution is -1.84. The summed E-state index contributed by atoms with van der Waals surface area (Å²) in [5.41, 5.74) is 0. The van der Waals surface area contributed by atoms with Crippen molar-refractivity contribution in [3.05, 3.63) is 12.2 Å². The summed E-state index contributed by atoms with van der Waals surface area (Å²) in [4.78, 5) is 3.69. The standard InChI is InChI=1S/C8H8N2/c1-3-8(7-9)5-4-6-10-2/h1,4-6,8H,2H3/b5-4-,10-6?. The zero-order valence-electron chi connectivity index (χ0n) is 5.78.